The third kappa shape index (κ3) is 3.77. The fraction of sp³-hybridized carbons (Fsp3) is 0.409. The first-order valence-corrected chi connectivity index (χ1v) is 11.4. The Balaban J connectivity index is 1.46. The maximum atomic E-state index is 13.5. The van der Waals surface area contributed by atoms with E-state index >= 15 is 0 Å². The molecule has 2 aromatic heterocycles. The number of nitrogens with zero attached hydrogens (tertiary/aromatic N) is 5. The maximum absolute atomic E-state index is 13.5. The number of aromatic nitrogens is 3. The van der Waals surface area contributed by atoms with Gasteiger partial charge in [-0.05, 0) is 36.4 Å². The fourth-order valence-corrected chi connectivity index (χ4v) is 5.53. The van der Waals surface area contributed by atoms with Crippen molar-refractivity contribution in [1.82, 2.24) is 24.6 Å². The number of likely N-dealkylation sites (N-methyl/N-ethyl adjacent to an activating group) is 1. The second-order valence-electron chi connectivity index (χ2n) is 7.68. The van der Waals surface area contributed by atoms with Crippen LogP contribution in [0.15, 0.2) is 52.2 Å². The van der Waals surface area contributed by atoms with Gasteiger partial charge in [-0.3, -0.25) is 9.69 Å². The first-order chi connectivity index (χ1) is 15.2. The van der Waals surface area contributed by atoms with Crippen LogP contribution in [0.5, 0.6) is 5.75 Å². The average molecular weight is 440 g/mol. The van der Waals surface area contributed by atoms with E-state index in [0.29, 0.717) is 16.7 Å². The minimum Gasteiger partial charge on any atom is -0.497 e. The molecule has 5 rings (SSSR count). The van der Waals surface area contributed by atoms with Gasteiger partial charge in [-0.2, -0.15) is 9.67 Å². The SMILES string of the molecule is CCN1CCN(C(c2cccc(OC)c2)C2Sc3nc(-c4ccco4)nn3C2=O)CC1. The number of methoxy groups -OCH3 is 1. The molecule has 0 aliphatic carbocycles. The van der Waals surface area contributed by atoms with Crippen LogP contribution < -0.4 is 4.74 Å². The number of furan rings is 1. The molecule has 2 unspecified atom stereocenters. The summed E-state index contributed by atoms with van der Waals surface area (Å²) in [5, 5.41) is 4.73. The molecule has 0 N–H and O–H groups in total. The number of thioether (sulfide) groups is 1. The highest BCUT2D eigenvalue weighted by Gasteiger charge is 2.44. The Morgan fingerprint density at radius 2 is 2.06 bits per heavy atom. The summed E-state index contributed by atoms with van der Waals surface area (Å²) in [6.45, 7) is 7.04. The normalized spacial score (nSPS) is 20.7. The molecule has 162 valence electrons. The van der Waals surface area contributed by atoms with E-state index in [0.717, 1.165) is 44.0 Å². The van der Waals surface area contributed by atoms with Crippen molar-refractivity contribution in [3.63, 3.8) is 0 Å². The Morgan fingerprint density at radius 1 is 1.23 bits per heavy atom. The number of rotatable bonds is 6. The van der Waals surface area contributed by atoms with E-state index in [9.17, 15) is 4.79 Å². The third-order valence-corrected chi connectivity index (χ3v) is 7.16. The highest BCUT2D eigenvalue weighted by molar-refractivity contribution is 8.00. The van der Waals surface area contributed by atoms with E-state index in [1.54, 1.807) is 25.5 Å². The number of ether oxygens (including phenoxy) is 1. The predicted molar refractivity (Wildman–Crippen MR) is 117 cm³/mol. The van der Waals surface area contributed by atoms with Gasteiger partial charge in [0, 0.05) is 26.2 Å². The second kappa shape index (κ2) is 8.49. The minimum absolute atomic E-state index is 0.0453. The zero-order valence-corrected chi connectivity index (χ0v) is 18.4. The third-order valence-electron chi connectivity index (χ3n) is 5.97. The van der Waals surface area contributed by atoms with Crippen LogP contribution in [-0.2, 0) is 0 Å². The number of fused-ring (bicyclic) bond motifs is 1. The Morgan fingerprint density at radius 3 is 2.74 bits per heavy atom. The van der Waals surface area contributed by atoms with Crippen LogP contribution in [0.25, 0.3) is 11.6 Å². The molecule has 1 aromatic carbocycles. The van der Waals surface area contributed by atoms with Crippen LogP contribution >= 0.6 is 11.8 Å². The molecule has 3 aromatic rings. The molecule has 2 aliphatic heterocycles. The lowest BCUT2D eigenvalue weighted by atomic mass is 9.99. The van der Waals surface area contributed by atoms with E-state index in [-0.39, 0.29) is 17.2 Å². The average Bonchev–Trinajstić information content (AvgIpc) is 3.54. The summed E-state index contributed by atoms with van der Waals surface area (Å²) >= 11 is 1.48. The summed E-state index contributed by atoms with van der Waals surface area (Å²) in [4.78, 5) is 22.9. The largest absolute Gasteiger partial charge is 0.497 e. The lowest BCUT2D eigenvalue weighted by Crippen LogP contribution is -2.50. The van der Waals surface area contributed by atoms with Gasteiger partial charge in [0.25, 0.3) is 5.91 Å². The van der Waals surface area contributed by atoms with Gasteiger partial charge in [0.05, 0.1) is 19.4 Å². The van der Waals surface area contributed by atoms with Gasteiger partial charge in [0.15, 0.2) is 10.9 Å². The Hall–Kier alpha value is -2.62. The molecule has 8 nitrogen and oxygen atoms in total. The van der Waals surface area contributed by atoms with Gasteiger partial charge in [0.2, 0.25) is 5.82 Å². The van der Waals surface area contributed by atoms with Crippen molar-refractivity contribution in [1.29, 1.82) is 0 Å². The monoisotopic (exact) mass is 439 g/mol. The maximum Gasteiger partial charge on any atom is 0.264 e. The van der Waals surface area contributed by atoms with Gasteiger partial charge in [-0.1, -0.05) is 30.8 Å². The topological polar surface area (TPSA) is 76.6 Å². The smallest absolute Gasteiger partial charge is 0.264 e. The molecule has 2 aliphatic rings. The van der Waals surface area contributed by atoms with E-state index in [2.05, 4.69) is 32.9 Å². The molecule has 0 saturated carbocycles. The number of hydrogen-bond acceptors (Lipinski definition) is 8. The molecule has 0 spiro atoms. The molecule has 9 heteroatoms. The summed E-state index contributed by atoms with van der Waals surface area (Å²) in [6.07, 6.45) is 1.58. The van der Waals surface area contributed by atoms with Crippen molar-refractivity contribution in [2.75, 3.05) is 39.8 Å². The standard InChI is InChI=1S/C22H25N5O3S/c1-3-25-9-11-26(12-10-25)18(15-6-4-7-16(14-15)29-2)19-21(28)27-22(31-19)23-20(24-27)17-8-5-13-30-17/h4-8,13-14,18-19H,3,9-12H2,1-2H3. The van der Waals surface area contributed by atoms with E-state index < -0.39 is 0 Å². The second-order valence-corrected chi connectivity index (χ2v) is 8.78. The summed E-state index contributed by atoms with van der Waals surface area (Å²) in [6, 6.07) is 11.5. The first-order valence-electron chi connectivity index (χ1n) is 10.5. The van der Waals surface area contributed by atoms with Gasteiger partial charge < -0.3 is 14.1 Å². The lowest BCUT2D eigenvalue weighted by Gasteiger charge is -2.40. The van der Waals surface area contributed by atoms with Gasteiger partial charge >= 0.3 is 0 Å². The molecule has 4 heterocycles. The van der Waals surface area contributed by atoms with Crippen LogP contribution in [0.2, 0.25) is 0 Å². The van der Waals surface area contributed by atoms with Crippen LogP contribution in [0.3, 0.4) is 0 Å². The summed E-state index contributed by atoms with van der Waals surface area (Å²) in [5.41, 5.74) is 1.08. The highest BCUT2D eigenvalue weighted by atomic mass is 32.2. The molecule has 0 amide bonds. The lowest BCUT2D eigenvalue weighted by molar-refractivity contribution is 0.0739. The van der Waals surface area contributed by atoms with E-state index in [1.807, 2.05) is 18.2 Å². The van der Waals surface area contributed by atoms with Crippen molar-refractivity contribution < 1.29 is 13.9 Å². The molecule has 2 atom stereocenters. The zero-order valence-electron chi connectivity index (χ0n) is 17.6. The summed E-state index contributed by atoms with van der Waals surface area (Å²) in [5.74, 6) is 1.75. The van der Waals surface area contributed by atoms with E-state index in [1.165, 1.54) is 16.4 Å². The number of carbonyl (C=O) groups excluding carboxylic acids is 1. The molecule has 0 bridgehead atoms. The molecule has 1 saturated heterocycles. The molecular weight excluding hydrogens is 414 g/mol. The Bertz CT molecular complexity index is 1060. The van der Waals surface area contributed by atoms with Gasteiger partial charge in [-0.25, -0.2) is 0 Å². The van der Waals surface area contributed by atoms with Crippen LogP contribution in [0, 0.1) is 0 Å². The van der Waals surface area contributed by atoms with Gasteiger partial charge in [0.1, 0.15) is 11.0 Å². The first kappa shape index (κ1) is 20.3. The number of benzene rings is 1. The fourth-order valence-electron chi connectivity index (χ4n) is 4.27. The van der Waals surface area contributed by atoms with Crippen LogP contribution in [0.4, 0.5) is 0 Å². The highest BCUT2D eigenvalue weighted by Crippen LogP contribution is 2.42. The predicted octanol–water partition coefficient (Wildman–Crippen LogP) is 3.04. The molecule has 31 heavy (non-hydrogen) atoms. The number of piperazine rings is 1. The van der Waals surface area contributed by atoms with Crippen molar-refractivity contribution in [3.8, 4) is 17.3 Å². The van der Waals surface area contributed by atoms with Gasteiger partial charge in [-0.15, -0.1) is 5.10 Å². The zero-order chi connectivity index (χ0) is 21.4. The summed E-state index contributed by atoms with van der Waals surface area (Å²) < 4.78 is 12.3. The quantitative estimate of drug-likeness (QED) is 0.580. The van der Waals surface area contributed by atoms with E-state index in [4.69, 9.17) is 9.15 Å². The Kier molecular flexibility index (Phi) is 5.56. The number of carbonyl (C=O) groups is 1. The number of hydrogen-bond donors (Lipinski definition) is 0. The molecule has 1 fully saturated rings. The Labute approximate surface area is 185 Å². The minimum atomic E-state index is -0.319. The molecule has 0 radical (unpaired) electrons. The van der Waals surface area contributed by atoms with Crippen molar-refractivity contribution in [3.05, 3.63) is 48.2 Å². The van der Waals surface area contributed by atoms with Crippen molar-refractivity contribution in [2.45, 2.75) is 23.4 Å². The van der Waals surface area contributed by atoms with Crippen molar-refractivity contribution in [2.24, 2.45) is 0 Å². The van der Waals surface area contributed by atoms with Crippen LogP contribution in [0.1, 0.15) is 23.3 Å². The summed E-state index contributed by atoms with van der Waals surface area (Å²) in [7, 11) is 1.67. The van der Waals surface area contributed by atoms with Crippen molar-refractivity contribution >= 4 is 17.7 Å². The van der Waals surface area contributed by atoms with Crippen LogP contribution in [-0.4, -0.2) is 75.6 Å². The molecular formula is C22H25N5O3S.